The first kappa shape index (κ1) is 18.6. The highest BCUT2D eigenvalue weighted by molar-refractivity contribution is 7.89. The second-order valence-corrected chi connectivity index (χ2v) is 7.39. The van der Waals surface area contributed by atoms with Crippen LogP contribution in [0.5, 0.6) is 5.75 Å². The van der Waals surface area contributed by atoms with Crippen molar-refractivity contribution in [1.82, 2.24) is 4.72 Å². The Kier molecular flexibility index (Phi) is 6.52. The third-order valence-corrected chi connectivity index (χ3v) is 5.14. The molecule has 4 nitrogen and oxygen atoms in total. The van der Waals surface area contributed by atoms with Gasteiger partial charge in [-0.15, -0.1) is 0 Å². The summed E-state index contributed by atoms with van der Waals surface area (Å²) in [5.74, 6) is 5.95. The molecule has 0 aliphatic heterocycles. The van der Waals surface area contributed by atoms with Crippen LogP contribution in [-0.2, 0) is 10.0 Å². The summed E-state index contributed by atoms with van der Waals surface area (Å²) in [4.78, 5) is 0.143. The quantitative estimate of drug-likeness (QED) is 0.801. The van der Waals surface area contributed by atoms with E-state index < -0.39 is 10.0 Å². The number of rotatable bonds is 5. The fraction of sp³-hybridized carbons (Fsp3) is 0.176. The molecule has 2 rings (SSSR count). The maximum absolute atomic E-state index is 12.2. The van der Waals surface area contributed by atoms with Crippen LogP contribution in [-0.4, -0.2) is 21.6 Å². The van der Waals surface area contributed by atoms with Gasteiger partial charge in [0.15, 0.2) is 0 Å². The zero-order valence-electron chi connectivity index (χ0n) is 12.8. The van der Waals surface area contributed by atoms with Gasteiger partial charge < -0.3 is 4.74 Å². The number of hydrogen-bond donors (Lipinski definition) is 1. The van der Waals surface area contributed by atoms with Gasteiger partial charge in [0.2, 0.25) is 10.0 Å². The van der Waals surface area contributed by atoms with E-state index in [2.05, 4.69) is 16.6 Å². The zero-order valence-corrected chi connectivity index (χ0v) is 15.2. The van der Waals surface area contributed by atoms with Crippen molar-refractivity contribution in [3.05, 3.63) is 58.1 Å². The standard InChI is InChI=1S/C17H15Cl2NO3S/c1-13-8-9-14(18)12-17(13)24(21,22)20-10-4-5-11-23-16-7-3-2-6-15(16)19/h2-3,6-9,12,20H,10-11H2,1H3. The molecule has 0 saturated carbocycles. The highest BCUT2D eigenvalue weighted by Crippen LogP contribution is 2.22. The molecule has 2 aromatic rings. The summed E-state index contributed by atoms with van der Waals surface area (Å²) in [7, 11) is -3.66. The molecule has 0 amide bonds. The summed E-state index contributed by atoms with van der Waals surface area (Å²) < 4.78 is 32.2. The Morgan fingerprint density at radius 2 is 1.88 bits per heavy atom. The molecule has 0 spiro atoms. The van der Waals surface area contributed by atoms with Gasteiger partial charge in [-0.3, -0.25) is 0 Å². The molecule has 0 aliphatic carbocycles. The van der Waals surface area contributed by atoms with E-state index >= 15 is 0 Å². The lowest BCUT2D eigenvalue weighted by Crippen LogP contribution is -2.24. The maximum atomic E-state index is 12.2. The highest BCUT2D eigenvalue weighted by atomic mass is 35.5. The Bertz CT molecular complexity index is 886. The molecule has 2 aromatic carbocycles. The third kappa shape index (κ3) is 5.15. The minimum absolute atomic E-state index is 0.0276. The second kappa shape index (κ2) is 8.41. The van der Waals surface area contributed by atoms with Gasteiger partial charge in [0.1, 0.15) is 12.4 Å². The largest absolute Gasteiger partial charge is 0.479 e. The van der Waals surface area contributed by atoms with Crippen LogP contribution < -0.4 is 9.46 Å². The SMILES string of the molecule is Cc1ccc(Cl)cc1S(=O)(=O)NCC#CCOc1ccccc1Cl. The topological polar surface area (TPSA) is 55.4 Å². The molecule has 126 valence electrons. The molecule has 0 fully saturated rings. The summed E-state index contributed by atoms with van der Waals surface area (Å²) in [6.45, 7) is 1.79. The van der Waals surface area contributed by atoms with Gasteiger partial charge in [-0.1, -0.05) is 53.2 Å². The Morgan fingerprint density at radius 3 is 2.62 bits per heavy atom. The minimum Gasteiger partial charge on any atom is -0.479 e. The monoisotopic (exact) mass is 383 g/mol. The number of para-hydroxylation sites is 1. The zero-order chi connectivity index (χ0) is 17.6. The van der Waals surface area contributed by atoms with E-state index in [1.165, 1.54) is 6.07 Å². The number of benzene rings is 2. The van der Waals surface area contributed by atoms with Crippen molar-refractivity contribution in [3.8, 4) is 17.6 Å². The molecule has 0 aliphatic rings. The maximum Gasteiger partial charge on any atom is 0.241 e. The van der Waals surface area contributed by atoms with Crippen LogP contribution in [0.25, 0.3) is 0 Å². The number of halogens is 2. The molecule has 7 heteroatoms. The van der Waals surface area contributed by atoms with E-state index in [1.54, 1.807) is 43.3 Å². The third-order valence-electron chi connectivity index (χ3n) is 3.05. The van der Waals surface area contributed by atoms with Gasteiger partial charge in [0.25, 0.3) is 0 Å². The second-order valence-electron chi connectivity index (χ2n) is 4.81. The summed E-state index contributed by atoms with van der Waals surface area (Å²) in [5.41, 5.74) is 0.613. The van der Waals surface area contributed by atoms with Gasteiger partial charge in [0, 0.05) is 5.02 Å². The van der Waals surface area contributed by atoms with Crippen LogP contribution in [0.4, 0.5) is 0 Å². The fourth-order valence-electron chi connectivity index (χ4n) is 1.86. The molecule has 1 N–H and O–H groups in total. The molecule has 0 unspecified atom stereocenters. The van der Waals surface area contributed by atoms with E-state index in [4.69, 9.17) is 27.9 Å². The van der Waals surface area contributed by atoms with Crippen molar-refractivity contribution >= 4 is 33.2 Å². The molecule has 0 heterocycles. The smallest absolute Gasteiger partial charge is 0.241 e. The van der Waals surface area contributed by atoms with Crippen molar-refractivity contribution in [2.45, 2.75) is 11.8 Å². The lowest BCUT2D eigenvalue weighted by molar-refractivity contribution is 0.370. The van der Waals surface area contributed by atoms with Gasteiger partial charge in [-0.2, -0.15) is 4.72 Å². The number of sulfonamides is 1. The Balaban J connectivity index is 1.90. The van der Waals surface area contributed by atoms with Gasteiger partial charge in [-0.25, -0.2) is 8.42 Å². The molecular weight excluding hydrogens is 369 g/mol. The van der Waals surface area contributed by atoms with Crippen LogP contribution in [0.1, 0.15) is 5.56 Å². The molecule has 24 heavy (non-hydrogen) atoms. The Morgan fingerprint density at radius 1 is 1.12 bits per heavy atom. The van der Waals surface area contributed by atoms with E-state index in [0.29, 0.717) is 21.4 Å². The first-order chi connectivity index (χ1) is 11.4. The molecule has 0 bridgehead atoms. The summed E-state index contributed by atoms with van der Waals surface area (Å²) in [5, 5.41) is 0.858. The van der Waals surface area contributed by atoms with E-state index in [0.717, 1.165) is 0 Å². The minimum atomic E-state index is -3.66. The fourth-order valence-corrected chi connectivity index (χ4v) is 3.48. The van der Waals surface area contributed by atoms with Crippen molar-refractivity contribution in [2.75, 3.05) is 13.2 Å². The van der Waals surface area contributed by atoms with Crippen LogP contribution in [0.15, 0.2) is 47.4 Å². The summed E-state index contributed by atoms with van der Waals surface area (Å²) in [6, 6.07) is 11.7. The van der Waals surface area contributed by atoms with E-state index in [1.807, 2.05) is 0 Å². The van der Waals surface area contributed by atoms with Gasteiger partial charge in [-0.05, 0) is 36.8 Å². The van der Waals surface area contributed by atoms with E-state index in [9.17, 15) is 8.42 Å². The van der Waals surface area contributed by atoms with Crippen molar-refractivity contribution in [1.29, 1.82) is 0 Å². The molecule has 0 aromatic heterocycles. The molecule has 0 radical (unpaired) electrons. The lowest BCUT2D eigenvalue weighted by Gasteiger charge is -2.07. The normalized spacial score (nSPS) is 10.8. The lowest BCUT2D eigenvalue weighted by atomic mass is 10.2. The first-order valence-electron chi connectivity index (χ1n) is 6.99. The molecule has 0 atom stereocenters. The van der Waals surface area contributed by atoms with Crippen LogP contribution in [0.3, 0.4) is 0 Å². The Labute approximate surface area is 151 Å². The van der Waals surface area contributed by atoms with Crippen LogP contribution >= 0.6 is 23.2 Å². The number of nitrogens with one attached hydrogen (secondary N) is 1. The van der Waals surface area contributed by atoms with Crippen molar-refractivity contribution in [2.24, 2.45) is 0 Å². The number of aryl methyl sites for hydroxylation is 1. The average Bonchev–Trinajstić information content (AvgIpc) is 2.54. The van der Waals surface area contributed by atoms with Gasteiger partial charge in [0.05, 0.1) is 16.5 Å². The predicted molar refractivity (Wildman–Crippen MR) is 96.1 cm³/mol. The van der Waals surface area contributed by atoms with E-state index in [-0.39, 0.29) is 18.0 Å². The summed E-state index contributed by atoms with van der Waals surface area (Å²) in [6.07, 6.45) is 0. The van der Waals surface area contributed by atoms with Crippen LogP contribution in [0, 0.1) is 18.8 Å². The van der Waals surface area contributed by atoms with Crippen molar-refractivity contribution < 1.29 is 13.2 Å². The average molecular weight is 384 g/mol. The predicted octanol–water partition coefficient (Wildman–Crippen LogP) is 3.66. The van der Waals surface area contributed by atoms with Gasteiger partial charge >= 0.3 is 0 Å². The highest BCUT2D eigenvalue weighted by Gasteiger charge is 2.16. The molecular formula is C17H15Cl2NO3S. The number of ether oxygens (including phenoxy) is 1. The Hall–Kier alpha value is -1.71. The number of hydrogen-bond acceptors (Lipinski definition) is 3. The van der Waals surface area contributed by atoms with Crippen molar-refractivity contribution in [3.63, 3.8) is 0 Å². The summed E-state index contributed by atoms with van der Waals surface area (Å²) >= 11 is 11.8. The first-order valence-corrected chi connectivity index (χ1v) is 9.23. The molecule has 0 saturated heterocycles. The van der Waals surface area contributed by atoms with Crippen LogP contribution in [0.2, 0.25) is 10.0 Å².